The molecule has 0 amide bonds. The second kappa shape index (κ2) is 3.79. The van der Waals surface area contributed by atoms with Crippen molar-refractivity contribution in [2.75, 3.05) is 0 Å². The predicted octanol–water partition coefficient (Wildman–Crippen LogP) is 3.49. The van der Waals surface area contributed by atoms with Gasteiger partial charge in [-0.1, -0.05) is 21.7 Å². The summed E-state index contributed by atoms with van der Waals surface area (Å²) in [5.74, 6) is 0. The maximum Gasteiger partial charge on any atom is 0.0604 e. The van der Waals surface area contributed by atoms with E-state index in [1.165, 1.54) is 27.3 Å². The van der Waals surface area contributed by atoms with E-state index in [0.717, 1.165) is 11.0 Å². The Hall–Kier alpha value is -1.40. The van der Waals surface area contributed by atoms with Crippen molar-refractivity contribution in [3.63, 3.8) is 0 Å². The Bertz CT molecular complexity index is 861. The van der Waals surface area contributed by atoms with Crippen molar-refractivity contribution in [1.82, 2.24) is 9.38 Å². The molecule has 0 radical (unpaired) electrons. The number of hydrogen-bond acceptors (Lipinski definition) is 1. The molecule has 0 atom stereocenters. The van der Waals surface area contributed by atoms with Gasteiger partial charge in [0.2, 0.25) is 0 Å². The first-order valence-electron chi connectivity index (χ1n) is 5.75. The molecule has 0 unspecified atom stereocenters. The van der Waals surface area contributed by atoms with Crippen LogP contribution in [0, 0.1) is 19.9 Å². The van der Waals surface area contributed by atoms with Crippen molar-refractivity contribution in [2.45, 2.75) is 13.8 Å². The van der Waals surface area contributed by atoms with Gasteiger partial charge in [-0.2, -0.15) is 0 Å². The second-order valence-corrected chi connectivity index (χ2v) is 4.59. The van der Waals surface area contributed by atoms with Crippen LogP contribution in [-0.2, 0) is 21.1 Å². The number of benzene rings is 1. The van der Waals surface area contributed by atoms with Gasteiger partial charge in [-0.25, -0.2) is 0 Å². The fraction of sp³-hybridized carbons (Fsp3) is 0.133. The molecule has 2 nitrogen and oxygen atoms in total. The average Bonchev–Trinajstić information content (AvgIpc) is 2.91. The van der Waals surface area contributed by atoms with Crippen LogP contribution in [0.15, 0.2) is 30.7 Å². The molecule has 0 N–H and O–H groups in total. The van der Waals surface area contributed by atoms with Crippen LogP contribution in [0.5, 0.6) is 0 Å². The number of hydrogen-bond donors (Lipinski definition) is 0. The average molecular weight is 414 g/mol. The minimum absolute atomic E-state index is 0. The van der Waals surface area contributed by atoms with Crippen LogP contribution in [0.3, 0.4) is 0 Å². The van der Waals surface area contributed by atoms with Crippen molar-refractivity contribution in [3.8, 4) is 0 Å². The van der Waals surface area contributed by atoms with Crippen molar-refractivity contribution in [1.29, 1.82) is 0 Å². The molecule has 0 saturated carbocycles. The Morgan fingerprint density at radius 2 is 1.94 bits per heavy atom. The van der Waals surface area contributed by atoms with E-state index in [0.29, 0.717) is 0 Å². The Balaban J connectivity index is 0.000001000. The molecule has 0 aliphatic heterocycles. The number of rotatable bonds is 0. The minimum Gasteiger partial charge on any atom is -0.347 e. The van der Waals surface area contributed by atoms with Crippen molar-refractivity contribution < 1.29 is 21.1 Å². The Kier molecular flexibility index (Phi) is 2.46. The molecule has 2 aromatic carbocycles. The summed E-state index contributed by atoms with van der Waals surface area (Å²) < 4.78 is 2.08. The molecule has 4 rings (SSSR count). The first kappa shape index (κ1) is 11.7. The summed E-state index contributed by atoms with van der Waals surface area (Å²) in [7, 11) is 0. The third kappa shape index (κ3) is 1.24. The van der Waals surface area contributed by atoms with Gasteiger partial charge in [0, 0.05) is 33.5 Å². The third-order valence-electron chi connectivity index (χ3n) is 3.80. The van der Waals surface area contributed by atoms with E-state index in [1.54, 1.807) is 0 Å². The molecule has 0 fully saturated rings. The molecule has 0 aliphatic carbocycles. The summed E-state index contributed by atoms with van der Waals surface area (Å²) in [6.07, 6.45) is 6.01. The quantitative estimate of drug-likeness (QED) is 0.403. The molecule has 2 aromatic heterocycles. The van der Waals surface area contributed by atoms with E-state index in [2.05, 4.69) is 41.6 Å². The molecule has 0 spiro atoms. The number of pyridine rings is 1. The van der Waals surface area contributed by atoms with Crippen LogP contribution in [0.2, 0.25) is 0 Å². The topological polar surface area (TPSA) is 17.3 Å². The fourth-order valence-electron chi connectivity index (χ4n) is 2.77. The molecular formula is C15H11N2Pt-. The Labute approximate surface area is 119 Å². The summed E-state index contributed by atoms with van der Waals surface area (Å²) in [5, 5.41) is 5.08. The van der Waals surface area contributed by atoms with Gasteiger partial charge in [-0.15, -0.1) is 18.2 Å². The van der Waals surface area contributed by atoms with E-state index in [-0.39, 0.29) is 21.1 Å². The van der Waals surface area contributed by atoms with Gasteiger partial charge in [-0.3, -0.25) is 4.98 Å². The summed E-state index contributed by atoms with van der Waals surface area (Å²) in [5.41, 5.74) is 3.72. The zero-order chi connectivity index (χ0) is 11.6. The van der Waals surface area contributed by atoms with Crippen molar-refractivity contribution in [2.24, 2.45) is 0 Å². The Morgan fingerprint density at radius 3 is 2.78 bits per heavy atom. The van der Waals surface area contributed by atoms with E-state index in [4.69, 9.17) is 0 Å². The molecule has 92 valence electrons. The predicted molar refractivity (Wildman–Crippen MR) is 69.7 cm³/mol. The molecule has 0 bridgehead atoms. The zero-order valence-corrected chi connectivity index (χ0v) is 12.4. The number of imidazole rings is 1. The van der Waals surface area contributed by atoms with E-state index in [1.807, 2.05) is 18.5 Å². The SMILES string of the molecule is Cc1c(C)c2cn3ccnc3c3[c-]ccc1c23.[Pt]. The second-order valence-electron chi connectivity index (χ2n) is 4.59. The molecule has 0 saturated heterocycles. The first-order valence-corrected chi connectivity index (χ1v) is 5.75. The number of fused-ring (bicyclic) bond motifs is 2. The molecule has 18 heavy (non-hydrogen) atoms. The normalized spacial score (nSPS) is 11.4. The summed E-state index contributed by atoms with van der Waals surface area (Å²) >= 11 is 0. The van der Waals surface area contributed by atoms with Crippen LogP contribution in [-0.4, -0.2) is 9.38 Å². The van der Waals surface area contributed by atoms with Crippen LogP contribution in [0.25, 0.3) is 27.2 Å². The summed E-state index contributed by atoms with van der Waals surface area (Å²) in [6.45, 7) is 4.37. The van der Waals surface area contributed by atoms with Gasteiger partial charge in [0.1, 0.15) is 0 Å². The smallest absolute Gasteiger partial charge is 0.0604 e. The van der Waals surface area contributed by atoms with Gasteiger partial charge < -0.3 is 4.40 Å². The van der Waals surface area contributed by atoms with Gasteiger partial charge >= 0.3 is 0 Å². The van der Waals surface area contributed by atoms with Crippen LogP contribution in [0.1, 0.15) is 11.1 Å². The maximum atomic E-state index is 4.42. The van der Waals surface area contributed by atoms with Crippen molar-refractivity contribution >= 4 is 27.2 Å². The number of aromatic nitrogens is 2. The zero-order valence-electron chi connectivity index (χ0n) is 10.1. The molecular weight excluding hydrogens is 403 g/mol. The molecule has 4 aromatic rings. The van der Waals surface area contributed by atoms with Gasteiger partial charge in [0.25, 0.3) is 0 Å². The maximum absolute atomic E-state index is 4.42. The fourth-order valence-corrected chi connectivity index (χ4v) is 2.77. The van der Waals surface area contributed by atoms with Gasteiger partial charge in [0.15, 0.2) is 0 Å². The molecule has 0 aliphatic rings. The molecule has 3 heteroatoms. The van der Waals surface area contributed by atoms with Gasteiger partial charge in [-0.05, 0) is 31.0 Å². The molecule has 2 heterocycles. The van der Waals surface area contributed by atoms with E-state index >= 15 is 0 Å². The third-order valence-corrected chi connectivity index (χ3v) is 3.80. The van der Waals surface area contributed by atoms with Crippen LogP contribution < -0.4 is 0 Å². The van der Waals surface area contributed by atoms with Gasteiger partial charge in [0.05, 0.1) is 5.65 Å². The first-order chi connectivity index (χ1) is 8.27. The number of aryl methyl sites for hydroxylation is 2. The standard InChI is InChI=1S/C15H11N2.Pt/c1-9-10(2)13-8-17-7-6-16-15(17)12-5-3-4-11(9)14(12)13;/h3-4,6-8H,1-2H3;/q-1;. The number of nitrogens with zero attached hydrogens (tertiary/aromatic N) is 2. The van der Waals surface area contributed by atoms with E-state index < -0.39 is 0 Å². The van der Waals surface area contributed by atoms with Crippen molar-refractivity contribution in [3.05, 3.63) is 47.9 Å². The Morgan fingerprint density at radius 1 is 1.17 bits per heavy atom. The van der Waals surface area contributed by atoms with Crippen LogP contribution >= 0.6 is 0 Å². The monoisotopic (exact) mass is 414 g/mol. The van der Waals surface area contributed by atoms with E-state index in [9.17, 15) is 0 Å². The van der Waals surface area contributed by atoms with Crippen LogP contribution in [0.4, 0.5) is 0 Å². The summed E-state index contributed by atoms with van der Waals surface area (Å²) in [4.78, 5) is 4.42. The largest absolute Gasteiger partial charge is 0.347 e. The minimum atomic E-state index is 0. The summed E-state index contributed by atoms with van der Waals surface area (Å²) in [6, 6.07) is 7.48.